The van der Waals surface area contributed by atoms with Crippen LogP contribution in [0.2, 0.25) is 0 Å². The lowest BCUT2D eigenvalue weighted by Gasteiger charge is -2.12. The molecule has 1 rings (SSSR count). The molecule has 1 unspecified atom stereocenters. The molecule has 0 aromatic heterocycles. The molecule has 0 aliphatic carbocycles. The van der Waals surface area contributed by atoms with Crippen LogP contribution >= 0.6 is 0 Å². The molecule has 0 heterocycles. The molecule has 96 valence electrons. The standard InChI is InChI=1S/C15H24O2/c1-4-17-10-9-15(16)14-7-5-13(6-8-14)11-12(2)3/h5-8,12,15-16H,4,9-11H2,1-3H3. The van der Waals surface area contributed by atoms with Crippen LogP contribution in [0.1, 0.15) is 44.4 Å². The van der Waals surface area contributed by atoms with Gasteiger partial charge in [0, 0.05) is 19.6 Å². The van der Waals surface area contributed by atoms with Gasteiger partial charge in [-0.15, -0.1) is 0 Å². The Bertz CT molecular complexity index is 303. The van der Waals surface area contributed by atoms with E-state index < -0.39 is 6.10 Å². The fourth-order valence-electron chi connectivity index (χ4n) is 1.85. The van der Waals surface area contributed by atoms with Gasteiger partial charge in [0.1, 0.15) is 0 Å². The zero-order chi connectivity index (χ0) is 12.7. The lowest BCUT2D eigenvalue weighted by Crippen LogP contribution is -2.03. The summed E-state index contributed by atoms with van der Waals surface area (Å²) in [5.74, 6) is 0.670. The number of benzene rings is 1. The van der Waals surface area contributed by atoms with Crippen LogP contribution in [0, 0.1) is 5.92 Å². The van der Waals surface area contributed by atoms with Crippen LogP contribution < -0.4 is 0 Å². The molecule has 0 bridgehead atoms. The molecule has 0 aliphatic rings. The molecule has 1 aromatic rings. The van der Waals surface area contributed by atoms with Gasteiger partial charge in [0.05, 0.1) is 6.10 Å². The Morgan fingerprint density at radius 2 is 1.82 bits per heavy atom. The van der Waals surface area contributed by atoms with E-state index >= 15 is 0 Å². The molecule has 0 saturated carbocycles. The summed E-state index contributed by atoms with van der Waals surface area (Å²) in [5, 5.41) is 9.94. The summed E-state index contributed by atoms with van der Waals surface area (Å²) in [6.07, 6.45) is 1.35. The van der Waals surface area contributed by atoms with Crippen molar-refractivity contribution in [3.05, 3.63) is 35.4 Å². The van der Waals surface area contributed by atoms with Gasteiger partial charge in [-0.2, -0.15) is 0 Å². The zero-order valence-electron chi connectivity index (χ0n) is 11.1. The average molecular weight is 236 g/mol. The minimum Gasteiger partial charge on any atom is -0.388 e. The van der Waals surface area contributed by atoms with Crippen LogP contribution in [-0.2, 0) is 11.2 Å². The van der Waals surface area contributed by atoms with E-state index in [1.54, 1.807) is 0 Å². The van der Waals surface area contributed by atoms with Gasteiger partial charge in [-0.25, -0.2) is 0 Å². The van der Waals surface area contributed by atoms with Gasteiger partial charge in [0.25, 0.3) is 0 Å². The van der Waals surface area contributed by atoms with E-state index in [-0.39, 0.29) is 0 Å². The molecule has 0 radical (unpaired) electrons. The second kappa shape index (κ2) is 7.46. The molecule has 0 aliphatic heterocycles. The highest BCUT2D eigenvalue weighted by Gasteiger charge is 2.07. The first-order valence-corrected chi connectivity index (χ1v) is 6.48. The molecular weight excluding hydrogens is 212 g/mol. The van der Waals surface area contributed by atoms with Crippen molar-refractivity contribution in [3.8, 4) is 0 Å². The highest BCUT2D eigenvalue weighted by Crippen LogP contribution is 2.18. The number of ether oxygens (including phenoxy) is 1. The van der Waals surface area contributed by atoms with Crippen LogP contribution in [0.15, 0.2) is 24.3 Å². The molecule has 2 nitrogen and oxygen atoms in total. The first-order valence-electron chi connectivity index (χ1n) is 6.48. The summed E-state index contributed by atoms with van der Waals surface area (Å²) in [7, 11) is 0. The second-order valence-corrected chi connectivity index (χ2v) is 4.84. The molecule has 1 aromatic carbocycles. The summed E-state index contributed by atoms with van der Waals surface area (Å²) in [4.78, 5) is 0. The van der Waals surface area contributed by atoms with Crippen molar-refractivity contribution < 1.29 is 9.84 Å². The Morgan fingerprint density at radius 1 is 1.18 bits per heavy atom. The normalized spacial score (nSPS) is 13.0. The van der Waals surface area contributed by atoms with Crippen molar-refractivity contribution in [1.82, 2.24) is 0 Å². The van der Waals surface area contributed by atoms with Gasteiger partial charge in [-0.3, -0.25) is 0 Å². The molecule has 17 heavy (non-hydrogen) atoms. The number of hydrogen-bond donors (Lipinski definition) is 1. The molecular formula is C15H24O2. The molecule has 0 amide bonds. The minimum atomic E-state index is -0.408. The zero-order valence-corrected chi connectivity index (χ0v) is 11.1. The highest BCUT2D eigenvalue weighted by atomic mass is 16.5. The summed E-state index contributed by atoms with van der Waals surface area (Å²) < 4.78 is 5.24. The molecule has 0 spiro atoms. The Hall–Kier alpha value is -0.860. The number of hydrogen-bond acceptors (Lipinski definition) is 2. The minimum absolute atomic E-state index is 0.408. The van der Waals surface area contributed by atoms with E-state index in [1.165, 1.54) is 5.56 Å². The third-order valence-corrected chi connectivity index (χ3v) is 2.75. The summed E-state index contributed by atoms with van der Waals surface area (Å²) in [6, 6.07) is 8.26. The maximum atomic E-state index is 9.94. The number of rotatable bonds is 7. The van der Waals surface area contributed by atoms with E-state index in [2.05, 4.69) is 26.0 Å². The van der Waals surface area contributed by atoms with Gasteiger partial charge in [-0.1, -0.05) is 38.1 Å². The smallest absolute Gasteiger partial charge is 0.0812 e. The summed E-state index contributed by atoms with van der Waals surface area (Å²) in [6.45, 7) is 7.72. The molecule has 1 atom stereocenters. The molecule has 1 N–H and O–H groups in total. The van der Waals surface area contributed by atoms with Gasteiger partial charge >= 0.3 is 0 Å². The van der Waals surface area contributed by atoms with Crippen molar-refractivity contribution in [2.24, 2.45) is 5.92 Å². The summed E-state index contributed by atoms with van der Waals surface area (Å²) in [5.41, 5.74) is 2.32. The molecule has 0 fully saturated rings. The van der Waals surface area contributed by atoms with Crippen LogP contribution in [0.3, 0.4) is 0 Å². The number of aliphatic hydroxyl groups is 1. The average Bonchev–Trinajstić information content (AvgIpc) is 2.29. The van der Waals surface area contributed by atoms with Crippen LogP contribution in [-0.4, -0.2) is 18.3 Å². The predicted molar refractivity (Wildman–Crippen MR) is 71.1 cm³/mol. The monoisotopic (exact) mass is 236 g/mol. The van der Waals surface area contributed by atoms with Crippen molar-refractivity contribution >= 4 is 0 Å². The van der Waals surface area contributed by atoms with Crippen molar-refractivity contribution in [2.45, 2.75) is 39.7 Å². The van der Waals surface area contributed by atoms with E-state index in [9.17, 15) is 5.11 Å². The van der Waals surface area contributed by atoms with Gasteiger partial charge in [0.15, 0.2) is 0 Å². The van der Waals surface area contributed by atoms with E-state index in [0.29, 0.717) is 25.6 Å². The van der Waals surface area contributed by atoms with E-state index in [0.717, 1.165) is 12.0 Å². The Labute approximate surface area is 105 Å². The first-order chi connectivity index (χ1) is 8.13. The highest BCUT2D eigenvalue weighted by molar-refractivity contribution is 5.24. The third-order valence-electron chi connectivity index (χ3n) is 2.75. The maximum Gasteiger partial charge on any atom is 0.0812 e. The molecule has 0 saturated heterocycles. The second-order valence-electron chi connectivity index (χ2n) is 4.84. The predicted octanol–water partition coefficient (Wildman–Crippen LogP) is 3.35. The Morgan fingerprint density at radius 3 is 2.35 bits per heavy atom. The lowest BCUT2D eigenvalue weighted by atomic mass is 9.99. The SMILES string of the molecule is CCOCCC(O)c1ccc(CC(C)C)cc1. The maximum absolute atomic E-state index is 9.94. The molecule has 2 heteroatoms. The number of aliphatic hydroxyl groups excluding tert-OH is 1. The van der Waals surface area contributed by atoms with Crippen molar-refractivity contribution in [2.75, 3.05) is 13.2 Å². The topological polar surface area (TPSA) is 29.5 Å². The quantitative estimate of drug-likeness (QED) is 0.736. The van der Waals surface area contributed by atoms with E-state index in [1.807, 2.05) is 19.1 Å². The Balaban J connectivity index is 2.48. The van der Waals surface area contributed by atoms with Gasteiger partial charge in [0.2, 0.25) is 0 Å². The van der Waals surface area contributed by atoms with E-state index in [4.69, 9.17) is 4.74 Å². The summed E-state index contributed by atoms with van der Waals surface area (Å²) >= 11 is 0. The van der Waals surface area contributed by atoms with Crippen molar-refractivity contribution in [1.29, 1.82) is 0 Å². The largest absolute Gasteiger partial charge is 0.388 e. The Kier molecular flexibility index (Phi) is 6.23. The third kappa shape index (κ3) is 5.33. The van der Waals surface area contributed by atoms with Crippen LogP contribution in [0.5, 0.6) is 0 Å². The fraction of sp³-hybridized carbons (Fsp3) is 0.600. The van der Waals surface area contributed by atoms with Crippen LogP contribution in [0.4, 0.5) is 0 Å². The van der Waals surface area contributed by atoms with Gasteiger partial charge in [-0.05, 0) is 30.4 Å². The first kappa shape index (κ1) is 14.2. The van der Waals surface area contributed by atoms with Gasteiger partial charge < -0.3 is 9.84 Å². The van der Waals surface area contributed by atoms with Crippen LogP contribution in [0.25, 0.3) is 0 Å². The van der Waals surface area contributed by atoms with Crippen molar-refractivity contribution in [3.63, 3.8) is 0 Å². The lowest BCUT2D eigenvalue weighted by molar-refractivity contribution is 0.0886. The fourth-order valence-corrected chi connectivity index (χ4v) is 1.85.